The largest absolute Gasteiger partial charge is 0.270 e. The molecule has 1 aromatic carbocycles. The van der Waals surface area contributed by atoms with Crippen LogP contribution in [0.3, 0.4) is 0 Å². The molecule has 0 aliphatic heterocycles. The summed E-state index contributed by atoms with van der Waals surface area (Å²) >= 11 is 1.54. The summed E-state index contributed by atoms with van der Waals surface area (Å²) in [5.41, 5.74) is 2.03. The summed E-state index contributed by atoms with van der Waals surface area (Å²) in [4.78, 5) is 10.4. The first-order valence-corrected chi connectivity index (χ1v) is 7.27. The van der Waals surface area contributed by atoms with Crippen LogP contribution >= 0.6 is 11.8 Å². The van der Waals surface area contributed by atoms with Gasteiger partial charge in [0.15, 0.2) is 5.65 Å². The van der Waals surface area contributed by atoms with Crippen molar-refractivity contribution in [3.05, 3.63) is 46.5 Å². The number of nitro benzene ring substituents is 1. The SMILES string of the molecule is CCSc1nnc2ccc(-c3cccc([N+](=O)[O-])c3)nn12. The molecular weight excluding hydrogens is 290 g/mol. The van der Waals surface area contributed by atoms with E-state index in [1.54, 1.807) is 40.5 Å². The minimum absolute atomic E-state index is 0.0429. The average molecular weight is 301 g/mol. The maximum Gasteiger partial charge on any atom is 0.270 e. The van der Waals surface area contributed by atoms with Crippen LogP contribution in [0.4, 0.5) is 5.69 Å². The van der Waals surface area contributed by atoms with Gasteiger partial charge in [-0.15, -0.1) is 10.2 Å². The third-order valence-electron chi connectivity index (χ3n) is 2.86. The minimum Gasteiger partial charge on any atom is -0.258 e. The van der Waals surface area contributed by atoms with Crippen LogP contribution in [0.25, 0.3) is 16.9 Å². The van der Waals surface area contributed by atoms with Gasteiger partial charge in [0.25, 0.3) is 5.69 Å². The van der Waals surface area contributed by atoms with Gasteiger partial charge in [0.05, 0.1) is 10.6 Å². The Morgan fingerprint density at radius 2 is 2.14 bits per heavy atom. The standard InChI is InChI=1S/C13H11N5O2S/c1-2-21-13-15-14-12-7-6-11(16-17(12)13)9-4-3-5-10(8-9)18(19)20/h3-8H,2H2,1H3. The molecule has 0 aliphatic rings. The number of nitrogens with zero attached hydrogens (tertiary/aromatic N) is 5. The molecule has 7 nitrogen and oxygen atoms in total. The van der Waals surface area contributed by atoms with Crippen LogP contribution in [0.1, 0.15) is 6.92 Å². The first-order valence-electron chi connectivity index (χ1n) is 6.29. The van der Waals surface area contributed by atoms with Gasteiger partial charge < -0.3 is 0 Å². The zero-order valence-electron chi connectivity index (χ0n) is 11.1. The lowest BCUT2D eigenvalue weighted by Gasteiger charge is -2.02. The fraction of sp³-hybridized carbons (Fsp3) is 0.154. The van der Waals surface area contributed by atoms with Crippen molar-refractivity contribution in [1.82, 2.24) is 19.8 Å². The number of fused-ring (bicyclic) bond motifs is 1. The highest BCUT2D eigenvalue weighted by atomic mass is 32.2. The maximum atomic E-state index is 10.9. The molecule has 0 bridgehead atoms. The van der Waals surface area contributed by atoms with Crippen LogP contribution in [0.15, 0.2) is 41.6 Å². The number of hydrogen-bond acceptors (Lipinski definition) is 6. The van der Waals surface area contributed by atoms with Crippen LogP contribution in [-0.4, -0.2) is 30.5 Å². The van der Waals surface area contributed by atoms with Gasteiger partial charge in [-0.3, -0.25) is 10.1 Å². The molecule has 2 heterocycles. The number of hydrogen-bond donors (Lipinski definition) is 0. The quantitative estimate of drug-likeness (QED) is 0.418. The molecule has 0 saturated heterocycles. The minimum atomic E-state index is -0.417. The van der Waals surface area contributed by atoms with E-state index in [1.165, 1.54) is 12.1 Å². The van der Waals surface area contributed by atoms with Gasteiger partial charge in [-0.1, -0.05) is 30.8 Å². The monoisotopic (exact) mass is 301 g/mol. The maximum absolute atomic E-state index is 10.9. The van der Waals surface area contributed by atoms with Crippen molar-refractivity contribution < 1.29 is 4.92 Å². The third kappa shape index (κ3) is 2.57. The van der Waals surface area contributed by atoms with Crippen molar-refractivity contribution in [3.63, 3.8) is 0 Å². The Kier molecular flexibility index (Phi) is 3.53. The van der Waals surface area contributed by atoms with Crippen molar-refractivity contribution in [2.24, 2.45) is 0 Å². The molecule has 2 aromatic heterocycles. The molecule has 106 valence electrons. The Labute approximate surface area is 124 Å². The number of rotatable bonds is 4. The van der Waals surface area contributed by atoms with Crippen LogP contribution in [0.2, 0.25) is 0 Å². The second kappa shape index (κ2) is 5.49. The molecule has 3 aromatic rings. The topological polar surface area (TPSA) is 86.2 Å². The van der Waals surface area contributed by atoms with Crippen molar-refractivity contribution in [2.75, 3.05) is 5.75 Å². The first kappa shape index (κ1) is 13.5. The summed E-state index contributed by atoms with van der Waals surface area (Å²) in [5.74, 6) is 0.865. The normalized spacial score (nSPS) is 10.9. The molecule has 0 aliphatic carbocycles. The highest BCUT2D eigenvalue weighted by Gasteiger charge is 2.11. The molecule has 3 rings (SSSR count). The second-order valence-corrected chi connectivity index (χ2v) is 5.44. The second-order valence-electron chi connectivity index (χ2n) is 4.21. The van der Waals surface area contributed by atoms with E-state index in [9.17, 15) is 10.1 Å². The molecule has 0 fully saturated rings. The zero-order valence-corrected chi connectivity index (χ0v) is 11.9. The fourth-order valence-corrected chi connectivity index (χ4v) is 2.53. The van der Waals surface area contributed by atoms with Crippen LogP contribution in [0, 0.1) is 10.1 Å². The zero-order chi connectivity index (χ0) is 14.8. The molecule has 0 spiro atoms. The predicted octanol–water partition coefficient (Wildman–Crippen LogP) is 2.81. The smallest absolute Gasteiger partial charge is 0.258 e. The highest BCUT2D eigenvalue weighted by Crippen LogP contribution is 2.23. The van der Waals surface area contributed by atoms with E-state index in [1.807, 2.05) is 6.92 Å². The molecule has 0 radical (unpaired) electrons. The van der Waals surface area contributed by atoms with E-state index < -0.39 is 4.92 Å². The Morgan fingerprint density at radius 3 is 2.90 bits per heavy atom. The van der Waals surface area contributed by atoms with Crippen LogP contribution < -0.4 is 0 Å². The molecule has 0 saturated carbocycles. The van der Waals surface area contributed by atoms with Gasteiger partial charge in [-0.25, -0.2) is 0 Å². The van der Waals surface area contributed by atoms with Gasteiger partial charge in [0.2, 0.25) is 5.16 Å². The summed E-state index contributed by atoms with van der Waals surface area (Å²) in [6, 6.07) is 9.98. The summed E-state index contributed by atoms with van der Waals surface area (Å²) < 4.78 is 1.66. The van der Waals surface area contributed by atoms with Crippen LogP contribution in [0.5, 0.6) is 0 Å². The Hall–Kier alpha value is -2.48. The van der Waals surface area contributed by atoms with Gasteiger partial charge in [-0.05, 0) is 17.9 Å². The summed E-state index contributed by atoms with van der Waals surface area (Å²) in [7, 11) is 0. The highest BCUT2D eigenvalue weighted by molar-refractivity contribution is 7.99. The van der Waals surface area contributed by atoms with Crippen molar-refractivity contribution in [3.8, 4) is 11.3 Å². The molecule has 0 amide bonds. The molecule has 21 heavy (non-hydrogen) atoms. The Bertz CT molecular complexity index is 817. The van der Waals surface area contributed by atoms with Gasteiger partial charge in [0, 0.05) is 17.7 Å². The molecule has 8 heteroatoms. The molecular formula is C13H11N5O2S. The van der Waals surface area contributed by atoms with Crippen molar-refractivity contribution >= 4 is 23.1 Å². The van der Waals surface area contributed by atoms with E-state index >= 15 is 0 Å². The fourth-order valence-electron chi connectivity index (χ4n) is 1.92. The van der Waals surface area contributed by atoms with Crippen LogP contribution in [-0.2, 0) is 0 Å². The number of thioether (sulfide) groups is 1. The summed E-state index contributed by atoms with van der Waals surface area (Å²) in [6.45, 7) is 2.02. The van der Waals surface area contributed by atoms with Crippen molar-refractivity contribution in [2.45, 2.75) is 12.1 Å². The Morgan fingerprint density at radius 1 is 1.29 bits per heavy atom. The average Bonchev–Trinajstić information content (AvgIpc) is 2.90. The lowest BCUT2D eigenvalue weighted by atomic mass is 10.1. The van der Waals surface area contributed by atoms with Gasteiger partial charge >= 0.3 is 0 Å². The van der Waals surface area contributed by atoms with Gasteiger partial charge in [0.1, 0.15) is 0 Å². The summed E-state index contributed by atoms with van der Waals surface area (Å²) in [5, 5.41) is 24.1. The lowest BCUT2D eigenvalue weighted by molar-refractivity contribution is -0.384. The van der Waals surface area contributed by atoms with E-state index in [0.29, 0.717) is 22.1 Å². The first-order chi connectivity index (χ1) is 10.2. The number of nitro groups is 1. The van der Waals surface area contributed by atoms with E-state index in [4.69, 9.17) is 0 Å². The molecule has 0 N–H and O–H groups in total. The number of non-ortho nitro benzene ring substituents is 1. The van der Waals surface area contributed by atoms with E-state index in [2.05, 4.69) is 15.3 Å². The van der Waals surface area contributed by atoms with E-state index in [0.717, 1.165) is 5.75 Å². The van der Waals surface area contributed by atoms with E-state index in [-0.39, 0.29) is 5.69 Å². The third-order valence-corrected chi connectivity index (χ3v) is 3.66. The number of aromatic nitrogens is 4. The summed E-state index contributed by atoms with van der Waals surface area (Å²) in [6.07, 6.45) is 0. The molecule has 0 atom stereocenters. The Balaban J connectivity index is 2.09. The predicted molar refractivity (Wildman–Crippen MR) is 79.3 cm³/mol. The van der Waals surface area contributed by atoms with Gasteiger partial charge in [-0.2, -0.15) is 9.61 Å². The van der Waals surface area contributed by atoms with Crippen molar-refractivity contribution in [1.29, 1.82) is 0 Å². The lowest BCUT2D eigenvalue weighted by Crippen LogP contribution is -1.97. The number of benzene rings is 1. The molecule has 0 unspecified atom stereocenters.